The summed E-state index contributed by atoms with van der Waals surface area (Å²) in [6, 6.07) is 5.68. The standard InChI is InChI=1S/C15H16BrNO4/c1-4-9-7-10(5-6-12(9)16)17-8-11-13(18)20-15(2,3)21-14(11)19/h5-8,17H,4H2,1-3H3. The fourth-order valence-electron chi connectivity index (χ4n) is 1.87. The summed E-state index contributed by atoms with van der Waals surface area (Å²) in [5.74, 6) is -2.62. The molecule has 0 spiro atoms. The maximum Gasteiger partial charge on any atom is 0.350 e. The Morgan fingerprint density at radius 3 is 2.43 bits per heavy atom. The maximum atomic E-state index is 11.8. The molecule has 1 fully saturated rings. The second-order valence-electron chi connectivity index (χ2n) is 5.04. The van der Waals surface area contributed by atoms with E-state index in [1.165, 1.54) is 20.0 Å². The summed E-state index contributed by atoms with van der Waals surface area (Å²) in [7, 11) is 0. The Morgan fingerprint density at radius 2 is 1.86 bits per heavy atom. The Kier molecular flexibility index (Phi) is 4.37. The van der Waals surface area contributed by atoms with Crippen molar-refractivity contribution >= 4 is 33.6 Å². The van der Waals surface area contributed by atoms with Gasteiger partial charge in [-0.05, 0) is 30.2 Å². The van der Waals surface area contributed by atoms with Gasteiger partial charge in [0.25, 0.3) is 5.79 Å². The lowest BCUT2D eigenvalue weighted by Gasteiger charge is -2.29. The van der Waals surface area contributed by atoms with E-state index >= 15 is 0 Å². The lowest BCUT2D eigenvalue weighted by atomic mass is 10.1. The van der Waals surface area contributed by atoms with E-state index in [9.17, 15) is 9.59 Å². The van der Waals surface area contributed by atoms with Crippen LogP contribution < -0.4 is 5.32 Å². The number of anilines is 1. The number of ether oxygens (including phenoxy) is 2. The molecule has 0 saturated carbocycles. The van der Waals surface area contributed by atoms with Crippen molar-refractivity contribution in [3.05, 3.63) is 40.0 Å². The minimum absolute atomic E-state index is 0.157. The third-order valence-corrected chi connectivity index (χ3v) is 3.70. The van der Waals surface area contributed by atoms with E-state index in [-0.39, 0.29) is 5.57 Å². The van der Waals surface area contributed by atoms with E-state index in [1.807, 2.05) is 25.1 Å². The summed E-state index contributed by atoms with van der Waals surface area (Å²) >= 11 is 3.46. The van der Waals surface area contributed by atoms with Crippen LogP contribution in [0.5, 0.6) is 0 Å². The molecule has 6 heteroatoms. The Labute approximate surface area is 131 Å². The zero-order valence-electron chi connectivity index (χ0n) is 12.0. The molecule has 0 atom stereocenters. The molecule has 0 unspecified atom stereocenters. The van der Waals surface area contributed by atoms with Crippen molar-refractivity contribution < 1.29 is 19.1 Å². The maximum absolute atomic E-state index is 11.8. The minimum atomic E-state index is -1.22. The number of carbonyl (C=O) groups excluding carboxylic acids is 2. The summed E-state index contributed by atoms with van der Waals surface area (Å²) in [4.78, 5) is 23.6. The average Bonchev–Trinajstić information content (AvgIpc) is 2.38. The lowest BCUT2D eigenvalue weighted by Crippen LogP contribution is -2.42. The van der Waals surface area contributed by atoms with Gasteiger partial charge in [0.2, 0.25) is 0 Å². The van der Waals surface area contributed by atoms with Crippen LogP contribution in [0.25, 0.3) is 0 Å². The molecule has 0 aromatic heterocycles. The number of halogens is 1. The third kappa shape index (κ3) is 3.64. The first-order chi connectivity index (χ1) is 9.82. The van der Waals surface area contributed by atoms with Gasteiger partial charge in [-0.2, -0.15) is 0 Å². The highest BCUT2D eigenvalue weighted by molar-refractivity contribution is 9.10. The fourth-order valence-corrected chi connectivity index (χ4v) is 2.40. The van der Waals surface area contributed by atoms with Crippen LogP contribution in [0.15, 0.2) is 34.4 Å². The quantitative estimate of drug-likeness (QED) is 0.513. The average molecular weight is 354 g/mol. The van der Waals surface area contributed by atoms with Crippen molar-refractivity contribution in [2.24, 2.45) is 0 Å². The molecule has 1 aliphatic rings. The van der Waals surface area contributed by atoms with Gasteiger partial charge in [-0.25, -0.2) is 9.59 Å². The summed E-state index contributed by atoms with van der Waals surface area (Å²) in [6.45, 7) is 5.06. The highest BCUT2D eigenvalue weighted by atomic mass is 79.9. The van der Waals surface area contributed by atoms with Gasteiger partial charge in [-0.1, -0.05) is 22.9 Å². The van der Waals surface area contributed by atoms with Crippen LogP contribution in [-0.2, 0) is 25.5 Å². The Bertz CT molecular complexity index is 600. The van der Waals surface area contributed by atoms with E-state index in [0.29, 0.717) is 0 Å². The summed E-state index contributed by atoms with van der Waals surface area (Å²) in [5.41, 5.74) is 1.73. The molecule has 0 radical (unpaired) electrons. The van der Waals surface area contributed by atoms with Crippen molar-refractivity contribution in [3.63, 3.8) is 0 Å². The van der Waals surface area contributed by atoms with Crippen molar-refractivity contribution in [2.75, 3.05) is 5.32 Å². The predicted molar refractivity (Wildman–Crippen MR) is 81.5 cm³/mol. The highest BCUT2D eigenvalue weighted by Gasteiger charge is 2.38. The normalized spacial score (nSPS) is 17.0. The molecule has 2 rings (SSSR count). The second-order valence-corrected chi connectivity index (χ2v) is 5.90. The SMILES string of the molecule is CCc1cc(NC=C2C(=O)OC(C)(C)OC2=O)ccc1Br. The van der Waals surface area contributed by atoms with E-state index in [1.54, 1.807) is 0 Å². The van der Waals surface area contributed by atoms with Gasteiger partial charge in [-0.3, -0.25) is 0 Å². The number of aryl methyl sites for hydroxylation is 1. The van der Waals surface area contributed by atoms with Crippen LogP contribution in [0.2, 0.25) is 0 Å². The first kappa shape index (κ1) is 15.6. The molecular weight excluding hydrogens is 338 g/mol. The number of carbonyl (C=O) groups is 2. The minimum Gasteiger partial charge on any atom is -0.419 e. The van der Waals surface area contributed by atoms with Crippen LogP contribution >= 0.6 is 15.9 Å². The number of hydrogen-bond acceptors (Lipinski definition) is 5. The van der Waals surface area contributed by atoms with E-state index < -0.39 is 17.7 Å². The zero-order valence-corrected chi connectivity index (χ0v) is 13.6. The van der Waals surface area contributed by atoms with E-state index in [4.69, 9.17) is 9.47 Å². The smallest absolute Gasteiger partial charge is 0.350 e. The fraction of sp³-hybridized carbons (Fsp3) is 0.333. The van der Waals surface area contributed by atoms with Crippen molar-refractivity contribution in [1.29, 1.82) is 0 Å². The van der Waals surface area contributed by atoms with Gasteiger partial charge >= 0.3 is 11.9 Å². The Morgan fingerprint density at radius 1 is 1.24 bits per heavy atom. The van der Waals surface area contributed by atoms with Gasteiger partial charge in [0.1, 0.15) is 0 Å². The van der Waals surface area contributed by atoms with Gasteiger partial charge in [-0.15, -0.1) is 0 Å². The first-order valence-electron chi connectivity index (χ1n) is 6.54. The Balaban J connectivity index is 2.17. The second kappa shape index (κ2) is 5.89. The topological polar surface area (TPSA) is 64.6 Å². The van der Waals surface area contributed by atoms with Crippen LogP contribution in [-0.4, -0.2) is 17.7 Å². The summed E-state index contributed by atoms with van der Waals surface area (Å²) < 4.78 is 11.0. The molecule has 0 amide bonds. The van der Waals surface area contributed by atoms with Crippen molar-refractivity contribution in [2.45, 2.75) is 33.0 Å². The van der Waals surface area contributed by atoms with Crippen LogP contribution in [0, 0.1) is 0 Å². The van der Waals surface area contributed by atoms with Gasteiger partial charge in [0, 0.05) is 30.2 Å². The highest BCUT2D eigenvalue weighted by Crippen LogP contribution is 2.24. The van der Waals surface area contributed by atoms with Crippen LogP contribution in [0.1, 0.15) is 26.3 Å². The molecule has 112 valence electrons. The predicted octanol–water partition coefficient (Wildman–Crippen LogP) is 3.14. The number of hydrogen-bond donors (Lipinski definition) is 1. The van der Waals surface area contributed by atoms with Crippen LogP contribution in [0.3, 0.4) is 0 Å². The molecule has 1 aromatic rings. The van der Waals surface area contributed by atoms with Gasteiger partial charge < -0.3 is 14.8 Å². The van der Waals surface area contributed by atoms with E-state index in [0.717, 1.165) is 22.1 Å². The van der Waals surface area contributed by atoms with Crippen molar-refractivity contribution in [1.82, 2.24) is 0 Å². The molecule has 1 aromatic carbocycles. The zero-order chi connectivity index (χ0) is 15.6. The number of nitrogens with one attached hydrogen (secondary N) is 1. The number of benzene rings is 1. The molecule has 1 heterocycles. The molecule has 5 nitrogen and oxygen atoms in total. The Hall–Kier alpha value is -1.82. The van der Waals surface area contributed by atoms with Crippen LogP contribution in [0.4, 0.5) is 5.69 Å². The lowest BCUT2D eigenvalue weighted by molar-refractivity contribution is -0.222. The van der Waals surface area contributed by atoms with E-state index in [2.05, 4.69) is 21.2 Å². The molecule has 1 aliphatic heterocycles. The van der Waals surface area contributed by atoms with Gasteiger partial charge in [0.15, 0.2) is 5.57 Å². The number of rotatable bonds is 3. The number of esters is 2. The van der Waals surface area contributed by atoms with Crippen molar-refractivity contribution in [3.8, 4) is 0 Å². The largest absolute Gasteiger partial charge is 0.419 e. The monoisotopic (exact) mass is 353 g/mol. The summed E-state index contributed by atoms with van der Waals surface area (Å²) in [6.07, 6.45) is 2.17. The first-order valence-corrected chi connectivity index (χ1v) is 7.33. The molecule has 1 saturated heterocycles. The van der Waals surface area contributed by atoms with Gasteiger partial charge in [0.05, 0.1) is 0 Å². The third-order valence-electron chi connectivity index (χ3n) is 2.93. The molecule has 0 bridgehead atoms. The molecule has 0 aliphatic carbocycles. The number of cyclic esters (lactones) is 2. The summed E-state index contributed by atoms with van der Waals surface area (Å²) in [5, 5.41) is 2.92. The molecule has 1 N–H and O–H groups in total. The molecular formula is C15H16BrNO4. The molecule has 21 heavy (non-hydrogen) atoms.